The molecule has 3 aliphatic carbocycles. The molecule has 0 fully saturated rings. The number of hydrogen-bond donors (Lipinski definition) is 0. The zero-order chi connectivity index (χ0) is 30.3. The topological polar surface area (TPSA) is 0 Å². The van der Waals surface area contributed by atoms with Crippen LogP contribution < -0.4 is 0 Å². The number of aryl methyl sites for hydroxylation is 3. The van der Waals surface area contributed by atoms with Crippen molar-refractivity contribution in [3.63, 3.8) is 0 Å². The Morgan fingerprint density at radius 1 is 0.535 bits per heavy atom. The molecule has 0 aliphatic heterocycles. The molecule has 3 aliphatic rings. The number of alkyl halides is 4. The van der Waals surface area contributed by atoms with Crippen LogP contribution in [0.15, 0.2) is 131 Å². The van der Waals surface area contributed by atoms with Gasteiger partial charge in [0.25, 0.3) is 0 Å². The maximum absolute atomic E-state index is 15.8. The highest BCUT2D eigenvalue weighted by Crippen LogP contribution is 2.67. The van der Waals surface area contributed by atoms with Gasteiger partial charge in [-0.2, -0.15) is 17.6 Å². The highest BCUT2D eigenvalue weighted by Gasteiger charge is 2.72. The van der Waals surface area contributed by atoms with Gasteiger partial charge in [0.15, 0.2) is 5.83 Å². The summed E-state index contributed by atoms with van der Waals surface area (Å²) in [5.41, 5.74) is 8.82. The fourth-order valence-electron chi connectivity index (χ4n) is 6.20. The third kappa shape index (κ3) is 3.88. The van der Waals surface area contributed by atoms with Gasteiger partial charge in [0.1, 0.15) is 0 Å². The number of halogens is 5. The molecule has 0 saturated carbocycles. The van der Waals surface area contributed by atoms with Gasteiger partial charge in [-0.05, 0) is 54.2 Å². The van der Waals surface area contributed by atoms with Crippen molar-refractivity contribution in [1.29, 1.82) is 0 Å². The molecule has 0 heterocycles. The van der Waals surface area contributed by atoms with E-state index in [1.807, 2.05) is 93.6 Å². The van der Waals surface area contributed by atoms with Gasteiger partial charge in [-0.1, -0.05) is 114 Å². The van der Waals surface area contributed by atoms with Crippen molar-refractivity contribution in [2.75, 3.05) is 0 Å². The summed E-state index contributed by atoms with van der Waals surface area (Å²) in [6.45, 7) is 5.81. The first-order valence-corrected chi connectivity index (χ1v) is 14.0. The predicted octanol–water partition coefficient (Wildman–Crippen LogP) is 10.4. The average molecular weight is 577 g/mol. The van der Waals surface area contributed by atoms with Crippen LogP contribution in [0.3, 0.4) is 0 Å². The van der Waals surface area contributed by atoms with Crippen molar-refractivity contribution in [3.05, 3.63) is 175 Å². The molecule has 5 heteroatoms. The molecule has 4 aromatic rings. The lowest BCUT2D eigenvalue weighted by molar-refractivity contribution is -0.160. The smallest absolute Gasteiger partial charge is 0.204 e. The number of hydrogen-bond acceptors (Lipinski definition) is 0. The first-order chi connectivity index (χ1) is 20.5. The van der Waals surface area contributed by atoms with Gasteiger partial charge in [-0.25, -0.2) is 4.39 Å². The molecule has 0 bridgehead atoms. The van der Waals surface area contributed by atoms with Gasteiger partial charge in [-0.3, -0.25) is 0 Å². The molecule has 212 valence electrons. The maximum atomic E-state index is 15.8. The predicted molar refractivity (Wildman–Crippen MR) is 160 cm³/mol. The first-order valence-electron chi connectivity index (χ1n) is 14.0. The Hall–Kier alpha value is -4.73. The maximum Gasteiger partial charge on any atom is 0.365 e. The van der Waals surface area contributed by atoms with Crippen LogP contribution in [0.5, 0.6) is 0 Å². The van der Waals surface area contributed by atoms with E-state index in [4.69, 9.17) is 0 Å². The monoisotopic (exact) mass is 576 g/mol. The molecule has 0 unspecified atom stereocenters. The molecule has 0 radical (unpaired) electrons. The van der Waals surface area contributed by atoms with Crippen molar-refractivity contribution < 1.29 is 22.0 Å². The molecule has 0 N–H and O–H groups in total. The molecule has 0 atom stereocenters. The van der Waals surface area contributed by atoms with Gasteiger partial charge in [0, 0.05) is 33.4 Å². The van der Waals surface area contributed by atoms with Crippen molar-refractivity contribution in [3.8, 4) is 0 Å². The minimum atomic E-state index is -4.99. The Labute approximate surface area is 246 Å². The average Bonchev–Trinajstić information content (AvgIpc) is 3.53. The number of benzene rings is 4. The highest BCUT2D eigenvalue weighted by atomic mass is 19.3. The van der Waals surface area contributed by atoms with E-state index in [1.54, 1.807) is 24.3 Å². The summed E-state index contributed by atoms with van der Waals surface area (Å²) >= 11 is 0. The van der Waals surface area contributed by atoms with E-state index in [-0.39, 0.29) is 16.7 Å². The Morgan fingerprint density at radius 2 is 1.00 bits per heavy atom. The summed E-state index contributed by atoms with van der Waals surface area (Å²) in [5, 5.41) is 0. The van der Waals surface area contributed by atoms with Crippen LogP contribution in [0.2, 0.25) is 0 Å². The molecule has 0 aromatic heterocycles. The second-order valence-corrected chi connectivity index (χ2v) is 11.4. The third-order valence-electron chi connectivity index (χ3n) is 8.44. The van der Waals surface area contributed by atoms with Crippen molar-refractivity contribution in [2.45, 2.75) is 32.6 Å². The summed E-state index contributed by atoms with van der Waals surface area (Å²) in [6.07, 6.45) is 0. The molecule has 7 rings (SSSR count). The summed E-state index contributed by atoms with van der Waals surface area (Å²) in [5.74, 6) is -11.9. The van der Waals surface area contributed by atoms with Crippen LogP contribution >= 0.6 is 0 Å². The molecular formula is C38H25F5. The van der Waals surface area contributed by atoms with Crippen molar-refractivity contribution in [2.24, 2.45) is 0 Å². The largest absolute Gasteiger partial charge is 0.365 e. The number of allylic oxidation sites excluding steroid dienone is 6. The Morgan fingerprint density at radius 3 is 1.51 bits per heavy atom. The second-order valence-electron chi connectivity index (χ2n) is 11.4. The van der Waals surface area contributed by atoms with E-state index in [2.05, 4.69) is 5.73 Å². The molecular weight excluding hydrogens is 551 g/mol. The van der Waals surface area contributed by atoms with Crippen LogP contribution in [-0.2, 0) is 0 Å². The van der Waals surface area contributed by atoms with Gasteiger partial charge >= 0.3 is 11.8 Å². The van der Waals surface area contributed by atoms with Crippen molar-refractivity contribution in [1.82, 2.24) is 0 Å². The first kappa shape index (κ1) is 27.1. The quantitative estimate of drug-likeness (QED) is 0.168. The highest BCUT2D eigenvalue weighted by molar-refractivity contribution is 6.14. The lowest BCUT2D eigenvalue weighted by atomic mass is 9.91. The Bertz CT molecular complexity index is 1940. The van der Waals surface area contributed by atoms with Gasteiger partial charge in [0.05, 0.1) is 0 Å². The summed E-state index contributed by atoms with van der Waals surface area (Å²) < 4.78 is 77.4. The minimum absolute atomic E-state index is 0.0619. The summed E-state index contributed by atoms with van der Waals surface area (Å²) in [6, 6.07) is 29.5. The zero-order valence-corrected chi connectivity index (χ0v) is 23.6. The van der Waals surface area contributed by atoms with E-state index in [9.17, 15) is 0 Å². The summed E-state index contributed by atoms with van der Waals surface area (Å²) in [4.78, 5) is 0. The van der Waals surface area contributed by atoms with Gasteiger partial charge < -0.3 is 0 Å². The molecule has 0 nitrogen and oxygen atoms in total. The lowest BCUT2D eigenvalue weighted by Gasteiger charge is -2.20. The number of rotatable bonds is 3. The fraction of sp³-hybridized carbons (Fsp3) is 0.132. The van der Waals surface area contributed by atoms with Crippen LogP contribution in [0.25, 0.3) is 16.7 Å². The van der Waals surface area contributed by atoms with Crippen LogP contribution in [0.1, 0.15) is 44.5 Å². The Balaban J connectivity index is 1.68. The molecule has 0 saturated heterocycles. The van der Waals surface area contributed by atoms with E-state index in [1.165, 1.54) is 0 Å². The third-order valence-corrected chi connectivity index (χ3v) is 8.44. The van der Waals surface area contributed by atoms with Crippen molar-refractivity contribution >= 4 is 16.7 Å². The van der Waals surface area contributed by atoms with Crippen LogP contribution in [-0.4, -0.2) is 11.8 Å². The molecule has 4 aromatic carbocycles. The molecule has 0 spiro atoms. The Kier molecular flexibility index (Phi) is 5.92. The number of fused-ring (bicyclic) bond motifs is 4. The van der Waals surface area contributed by atoms with Crippen LogP contribution in [0.4, 0.5) is 22.0 Å². The molecule has 43 heavy (non-hydrogen) atoms. The summed E-state index contributed by atoms with van der Waals surface area (Å²) in [7, 11) is 0. The van der Waals surface area contributed by atoms with E-state index >= 15 is 22.0 Å². The van der Waals surface area contributed by atoms with Gasteiger partial charge in [0.2, 0.25) is 0 Å². The SMILES string of the molecule is Cc1ccc(C(=C=C2C3=C(c4ccc(C)cc4)c4ccccc4C3=C3C2=C(F)C(F)(F)C3(F)F)c2ccc(C)cc2)cc1. The second kappa shape index (κ2) is 9.39. The molecule has 0 amide bonds. The minimum Gasteiger partial charge on any atom is -0.204 e. The normalized spacial score (nSPS) is 17.7. The zero-order valence-electron chi connectivity index (χ0n) is 23.6. The van der Waals surface area contributed by atoms with E-state index in [0.29, 0.717) is 39.0 Å². The van der Waals surface area contributed by atoms with E-state index in [0.717, 1.165) is 16.7 Å². The fourth-order valence-corrected chi connectivity index (χ4v) is 6.20. The lowest BCUT2D eigenvalue weighted by Crippen LogP contribution is -2.38. The van der Waals surface area contributed by atoms with E-state index < -0.39 is 28.8 Å². The van der Waals surface area contributed by atoms with Crippen LogP contribution in [0, 0.1) is 20.8 Å². The van der Waals surface area contributed by atoms with Gasteiger partial charge in [-0.15, -0.1) is 5.73 Å². The standard InChI is InChI=1S/C38H25F5/c1-21-8-14-24(15-9-21)29(25-16-10-22(2)11-17-25)20-30-32-31(26-18-12-23(3)13-19-26)27-6-4-5-7-28(27)33(32)35-34(30)36(39)38(42,43)37(35,40)41/h4-19H,1-3H3.